The lowest BCUT2D eigenvalue weighted by Gasteiger charge is -2.05. The van der Waals surface area contributed by atoms with E-state index in [2.05, 4.69) is 5.16 Å². The van der Waals surface area contributed by atoms with Crippen LogP contribution in [0.15, 0.2) is 28.8 Å². The molecule has 0 spiro atoms. The third-order valence-electron chi connectivity index (χ3n) is 4.60. The summed E-state index contributed by atoms with van der Waals surface area (Å²) < 4.78 is 19.4. The summed E-state index contributed by atoms with van der Waals surface area (Å²) in [5.74, 6) is 2.59. The molecule has 2 fully saturated rings. The van der Waals surface area contributed by atoms with Gasteiger partial charge in [-0.15, -0.1) is 0 Å². The van der Waals surface area contributed by atoms with Gasteiger partial charge in [0.25, 0.3) is 0 Å². The molecule has 1 aromatic carbocycles. The van der Waals surface area contributed by atoms with E-state index in [4.69, 9.17) is 10.3 Å². The Morgan fingerprint density at radius 1 is 1.21 bits per heavy atom. The number of benzene rings is 1. The van der Waals surface area contributed by atoms with Crippen LogP contribution in [0, 0.1) is 17.7 Å². The summed E-state index contributed by atoms with van der Waals surface area (Å²) in [5, 5.41) is 3.86. The average molecular weight is 258 g/mol. The molecule has 0 saturated heterocycles. The molecule has 1 aromatic heterocycles. The van der Waals surface area contributed by atoms with Crippen molar-refractivity contribution in [3.63, 3.8) is 0 Å². The number of nitrogen functional groups attached to an aromatic ring is 1. The Balaban J connectivity index is 1.80. The van der Waals surface area contributed by atoms with Crippen LogP contribution in [0.1, 0.15) is 30.9 Å². The van der Waals surface area contributed by atoms with E-state index in [-0.39, 0.29) is 5.82 Å². The van der Waals surface area contributed by atoms with Crippen molar-refractivity contribution in [2.45, 2.75) is 25.2 Å². The van der Waals surface area contributed by atoms with Gasteiger partial charge in [-0.1, -0.05) is 29.8 Å². The topological polar surface area (TPSA) is 52.0 Å². The van der Waals surface area contributed by atoms with E-state index in [1.165, 1.54) is 25.3 Å². The van der Waals surface area contributed by atoms with Crippen molar-refractivity contribution in [3.05, 3.63) is 35.8 Å². The van der Waals surface area contributed by atoms with Crippen LogP contribution >= 0.6 is 0 Å². The van der Waals surface area contributed by atoms with Gasteiger partial charge in [0.05, 0.1) is 5.56 Å². The van der Waals surface area contributed by atoms with Gasteiger partial charge in [0.2, 0.25) is 0 Å². The molecule has 0 amide bonds. The van der Waals surface area contributed by atoms with Crippen LogP contribution in [0.5, 0.6) is 0 Å². The average Bonchev–Trinajstić information content (AvgIpc) is 2.78. The van der Waals surface area contributed by atoms with Crippen molar-refractivity contribution in [3.8, 4) is 11.1 Å². The van der Waals surface area contributed by atoms with Crippen LogP contribution in [0.3, 0.4) is 0 Å². The number of halogens is 1. The van der Waals surface area contributed by atoms with E-state index in [1.807, 2.05) is 6.07 Å². The van der Waals surface area contributed by atoms with Crippen LogP contribution in [-0.4, -0.2) is 5.16 Å². The Kier molecular flexibility index (Phi) is 2.22. The largest absolute Gasteiger partial charge is 0.380 e. The van der Waals surface area contributed by atoms with E-state index in [9.17, 15) is 4.39 Å². The van der Waals surface area contributed by atoms with Crippen LogP contribution in [-0.2, 0) is 0 Å². The lowest BCUT2D eigenvalue weighted by atomic mass is 10.00. The second-order valence-electron chi connectivity index (χ2n) is 5.57. The van der Waals surface area contributed by atoms with Crippen molar-refractivity contribution in [1.29, 1.82) is 0 Å². The highest BCUT2D eigenvalue weighted by Gasteiger charge is 2.56. The Hall–Kier alpha value is -1.84. The number of nitrogens with two attached hydrogens (primary N) is 1. The number of hydrogen-bond acceptors (Lipinski definition) is 3. The predicted octanol–water partition coefficient (Wildman–Crippen LogP) is 3.58. The van der Waals surface area contributed by atoms with Crippen molar-refractivity contribution in [2.75, 3.05) is 5.73 Å². The first-order valence-electron chi connectivity index (χ1n) is 6.77. The van der Waals surface area contributed by atoms with Crippen LogP contribution in [0.2, 0.25) is 0 Å². The van der Waals surface area contributed by atoms with Gasteiger partial charge in [-0.05, 0) is 30.7 Å². The molecule has 2 aliphatic carbocycles. The summed E-state index contributed by atoms with van der Waals surface area (Å²) >= 11 is 0. The smallest absolute Gasteiger partial charge is 0.175 e. The van der Waals surface area contributed by atoms with E-state index in [0.717, 1.165) is 5.76 Å². The van der Waals surface area contributed by atoms with Gasteiger partial charge in [0.15, 0.2) is 11.6 Å². The second kappa shape index (κ2) is 3.83. The highest BCUT2D eigenvalue weighted by Crippen LogP contribution is 2.64. The summed E-state index contributed by atoms with van der Waals surface area (Å²) in [6, 6.07) is 6.66. The number of rotatable bonds is 2. The summed E-state index contributed by atoms with van der Waals surface area (Å²) in [4.78, 5) is 0. The molecule has 2 aliphatic rings. The SMILES string of the molecule is Nc1noc(C2C3CCCC32)c1-c1ccccc1F. The molecule has 98 valence electrons. The van der Waals surface area contributed by atoms with Crippen LogP contribution in [0.4, 0.5) is 10.2 Å². The second-order valence-corrected chi connectivity index (χ2v) is 5.57. The summed E-state index contributed by atoms with van der Waals surface area (Å²) in [6.45, 7) is 0. The first kappa shape index (κ1) is 11.0. The normalized spacial score (nSPS) is 28.4. The fourth-order valence-corrected chi connectivity index (χ4v) is 3.69. The number of nitrogens with zero attached hydrogens (tertiary/aromatic N) is 1. The van der Waals surface area contributed by atoms with Gasteiger partial charge in [-0.3, -0.25) is 0 Å². The lowest BCUT2D eigenvalue weighted by molar-refractivity contribution is 0.376. The molecule has 3 nitrogen and oxygen atoms in total. The van der Waals surface area contributed by atoms with Gasteiger partial charge in [0.1, 0.15) is 5.82 Å². The molecule has 0 radical (unpaired) electrons. The monoisotopic (exact) mass is 258 g/mol. The van der Waals surface area contributed by atoms with Gasteiger partial charge in [-0.2, -0.15) is 0 Å². The number of hydrogen-bond donors (Lipinski definition) is 1. The Bertz CT molecular complexity index is 627. The number of fused-ring (bicyclic) bond motifs is 1. The standard InChI is InChI=1S/C15H15FN2O/c16-11-7-2-1-4-10(11)13-14(19-18-15(13)17)12-8-5-3-6-9(8)12/h1-2,4,7-9,12H,3,5-6H2,(H2,17,18). The Morgan fingerprint density at radius 2 is 1.95 bits per heavy atom. The number of aromatic nitrogens is 1. The zero-order chi connectivity index (χ0) is 13.0. The first-order chi connectivity index (χ1) is 9.27. The third kappa shape index (κ3) is 1.52. The molecule has 0 bridgehead atoms. The number of anilines is 1. The van der Waals surface area contributed by atoms with Crippen molar-refractivity contribution < 1.29 is 8.91 Å². The van der Waals surface area contributed by atoms with E-state index in [0.29, 0.717) is 34.7 Å². The Labute approximate surface area is 110 Å². The zero-order valence-corrected chi connectivity index (χ0v) is 10.5. The van der Waals surface area contributed by atoms with Crippen molar-refractivity contribution in [1.82, 2.24) is 5.16 Å². The van der Waals surface area contributed by atoms with Gasteiger partial charge < -0.3 is 10.3 Å². The summed E-state index contributed by atoms with van der Waals surface area (Å²) in [6.07, 6.45) is 3.78. The highest BCUT2D eigenvalue weighted by atomic mass is 19.1. The molecule has 2 atom stereocenters. The molecule has 2 N–H and O–H groups in total. The van der Waals surface area contributed by atoms with Crippen molar-refractivity contribution in [2.24, 2.45) is 11.8 Å². The van der Waals surface area contributed by atoms with Crippen LogP contribution < -0.4 is 5.73 Å². The maximum atomic E-state index is 14.0. The molecule has 0 aliphatic heterocycles. The maximum absolute atomic E-state index is 14.0. The fourth-order valence-electron chi connectivity index (χ4n) is 3.69. The molecule has 1 heterocycles. The maximum Gasteiger partial charge on any atom is 0.175 e. The lowest BCUT2D eigenvalue weighted by Crippen LogP contribution is -1.94. The van der Waals surface area contributed by atoms with Crippen molar-refractivity contribution >= 4 is 5.82 Å². The fraction of sp³-hybridized carbons (Fsp3) is 0.400. The van der Waals surface area contributed by atoms with E-state index >= 15 is 0 Å². The first-order valence-corrected chi connectivity index (χ1v) is 6.77. The summed E-state index contributed by atoms with van der Waals surface area (Å²) in [7, 11) is 0. The molecule has 2 aromatic rings. The summed E-state index contributed by atoms with van der Waals surface area (Å²) in [5.41, 5.74) is 7.05. The zero-order valence-electron chi connectivity index (χ0n) is 10.5. The molecule has 2 unspecified atom stereocenters. The minimum Gasteiger partial charge on any atom is -0.380 e. The minimum atomic E-state index is -0.274. The molecule has 19 heavy (non-hydrogen) atoms. The molecular formula is C15H15FN2O. The predicted molar refractivity (Wildman–Crippen MR) is 69.9 cm³/mol. The molecule has 4 rings (SSSR count). The molecule has 2 saturated carbocycles. The minimum absolute atomic E-state index is 0.274. The Morgan fingerprint density at radius 3 is 2.68 bits per heavy atom. The van der Waals surface area contributed by atoms with Gasteiger partial charge in [-0.25, -0.2) is 4.39 Å². The third-order valence-corrected chi connectivity index (χ3v) is 4.60. The quantitative estimate of drug-likeness (QED) is 0.895. The highest BCUT2D eigenvalue weighted by molar-refractivity contribution is 5.77. The molecule has 4 heteroatoms. The van der Waals surface area contributed by atoms with Gasteiger partial charge in [0, 0.05) is 11.5 Å². The van der Waals surface area contributed by atoms with Gasteiger partial charge >= 0.3 is 0 Å². The van der Waals surface area contributed by atoms with E-state index in [1.54, 1.807) is 12.1 Å². The van der Waals surface area contributed by atoms with Crippen LogP contribution in [0.25, 0.3) is 11.1 Å². The van der Waals surface area contributed by atoms with E-state index < -0.39 is 0 Å². The molecular weight excluding hydrogens is 243 g/mol.